The Morgan fingerprint density at radius 2 is 0.874 bits per heavy atom. The standard InChI is InChI=1S/C41H38N6O5.C35H27N5O3/c1-40(2,47(49)50)23-14-24-52-31-21-22-35-32(25-31)36(44-45(35)3)34-26-42-38-37(43-34)33(39(48)51-4)27-46(38)41(28-15-8-5-9-16-28,29-17-10-6-11-18-29)30-19-12-7-13-20-30;1-39-30-19-18-26(41)20-27(30)31(38-39)29-21-36-33-32(37-29)28(34(42)43-2)22-40(33)35(23-12-6-3-7-13-23,24-14-8-4-9-15-24)25-16-10-5-11-17-25/h5-13,15-22,25-27H,14,23-24H2,1-4H3;3-22,41H,1-2H3. The molecule has 0 unspecified atom stereocenters. The third-order valence-corrected chi connectivity index (χ3v) is 17.5. The number of carbonyl (C=O) groups is 2. The maximum atomic E-state index is 13.5. The van der Waals surface area contributed by atoms with Crippen LogP contribution in [0.1, 0.15) is 80.8 Å². The number of aryl methyl sites for hydroxylation is 2. The van der Waals surface area contributed by atoms with Crippen molar-refractivity contribution in [1.82, 2.24) is 48.6 Å². The van der Waals surface area contributed by atoms with Gasteiger partial charge in [-0.2, -0.15) is 10.2 Å². The second-order valence-corrected chi connectivity index (χ2v) is 23.6. The number of nitrogens with zero attached hydrogens (tertiary/aromatic N) is 11. The SMILES string of the molecule is COC(=O)c1cn(C(c2ccccc2)(c2ccccc2)c2ccccc2)c2ncc(-c3nn(C)c4ccc(O)cc34)nc12.COC(=O)c1cn(C(c2ccccc2)(c2ccccc2)c2ccccc2)c2ncc(-c3nn(C)c4ccc(OCCCC(C)(C)[N+](=O)[O-])cc34)nc12. The molecule has 0 saturated heterocycles. The van der Waals surface area contributed by atoms with E-state index in [0.717, 1.165) is 55.2 Å². The van der Waals surface area contributed by atoms with Crippen molar-refractivity contribution in [3.63, 3.8) is 0 Å². The van der Waals surface area contributed by atoms with Crippen LogP contribution in [-0.4, -0.2) is 97.0 Å². The Morgan fingerprint density at radius 3 is 1.23 bits per heavy atom. The second kappa shape index (κ2) is 25.5. The number of carbonyl (C=O) groups excluding carboxylic acids is 2. The first-order valence-corrected chi connectivity index (χ1v) is 30.8. The van der Waals surface area contributed by atoms with Gasteiger partial charge in [-0.05, 0) is 76.2 Å². The molecule has 14 aromatic rings. The lowest BCUT2D eigenvalue weighted by molar-refractivity contribution is -0.561. The number of hydrogen-bond acceptors (Lipinski definition) is 14. The highest BCUT2D eigenvalue weighted by Gasteiger charge is 2.43. The molecule has 0 fully saturated rings. The van der Waals surface area contributed by atoms with Gasteiger partial charge in [0.2, 0.25) is 5.54 Å². The van der Waals surface area contributed by atoms with Gasteiger partial charge in [-0.1, -0.05) is 182 Å². The van der Waals surface area contributed by atoms with Gasteiger partial charge in [0, 0.05) is 62.5 Å². The fourth-order valence-electron chi connectivity index (χ4n) is 12.9. The van der Waals surface area contributed by atoms with Crippen molar-refractivity contribution in [2.45, 2.75) is 43.3 Å². The molecule has 0 aliphatic heterocycles. The molecule has 6 aromatic heterocycles. The average Bonchev–Trinajstić information content (AvgIpc) is 1.66. The molecule has 1 N–H and O–H groups in total. The van der Waals surface area contributed by atoms with E-state index in [0.29, 0.717) is 70.3 Å². The highest BCUT2D eigenvalue weighted by Crippen LogP contribution is 2.46. The van der Waals surface area contributed by atoms with Crippen molar-refractivity contribution >= 4 is 56.1 Å². The van der Waals surface area contributed by atoms with Gasteiger partial charge in [0.05, 0.1) is 44.3 Å². The van der Waals surface area contributed by atoms with Crippen molar-refractivity contribution in [2.75, 3.05) is 20.8 Å². The highest BCUT2D eigenvalue weighted by atomic mass is 16.6. The van der Waals surface area contributed by atoms with Gasteiger partial charge in [0.15, 0.2) is 11.3 Å². The average molecular weight is 1260 g/mol. The van der Waals surface area contributed by atoms with E-state index in [9.17, 15) is 24.8 Å². The predicted octanol–water partition coefficient (Wildman–Crippen LogP) is 14.1. The summed E-state index contributed by atoms with van der Waals surface area (Å²) in [4.78, 5) is 58.0. The molecule has 0 atom stereocenters. The molecule has 0 aliphatic carbocycles. The Bertz CT molecular complexity index is 4940. The molecule has 0 saturated carbocycles. The van der Waals surface area contributed by atoms with Crippen LogP contribution in [0.5, 0.6) is 11.5 Å². The molecule has 0 aliphatic rings. The highest BCUT2D eigenvalue weighted by molar-refractivity contribution is 6.04. The van der Waals surface area contributed by atoms with Crippen LogP contribution in [0.2, 0.25) is 0 Å². The van der Waals surface area contributed by atoms with Crippen molar-refractivity contribution < 1.29 is 33.8 Å². The van der Waals surface area contributed by atoms with Crippen LogP contribution >= 0.6 is 0 Å². The van der Waals surface area contributed by atoms with Crippen LogP contribution in [0.15, 0.2) is 243 Å². The van der Waals surface area contributed by atoms with E-state index in [4.69, 9.17) is 39.2 Å². The maximum absolute atomic E-state index is 13.5. The topological polar surface area (TPSA) is 222 Å². The van der Waals surface area contributed by atoms with Crippen molar-refractivity contribution in [2.24, 2.45) is 14.1 Å². The molecule has 19 nitrogen and oxygen atoms in total. The Morgan fingerprint density at radius 1 is 0.516 bits per heavy atom. The third-order valence-electron chi connectivity index (χ3n) is 17.5. The second-order valence-electron chi connectivity index (χ2n) is 23.6. The third kappa shape index (κ3) is 11.0. The minimum atomic E-state index is -1.02. The lowest BCUT2D eigenvalue weighted by Crippen LogP contribution is -2.37. The number of hydrogen-bond donors (Lipinski definition) is 1. The number of fused-ring (bicyclic) bond motifs is 4. The fraction of sp³-hybridized carbons (Fsp3) is 0.158. The Balaban J connectivity index is 0.000000175. The normalized spacial score (nSPS) is 11.8. The zero-order chi connectivity index (χ0) is 66.0. The molecule has 0 spiro atoms. The summed E-state index contributed by atoms with van der Waals surface area (Å²) < 4.78 is 24.1. The smallest absolute Gasteiger partial charge is 0.341 e. The van der Waals surface area contributed by atoms with E-state index in [2.05, 4.69) is 77.9 Å². The molecule has 95 heavy (non-hydrogen) atoms. The number of phenolic OH excluding ortho intramolecular Hbond substituents is 1. The van der Waals surface area contributed by atoms with E-state index in [1.165, 1.54) is 14.2 Å². The monoisotopic (exact) mass is 1260 g/mol. The van der Waals surface area contributed by atoms with Gasteiger partial charge in [-0.3, -0.25) is 19.5 Å². The summed E-state index contributed by atoms with van der Waals surface area (Å²) in [7, 11) is 6.39. The van der Waals surface area contributed by atoms with Gasteiger partial charge >= 0.3 is 11.9 Å². The van der Waals surface area contributed by atoms with Crippen molar-refractivity contribution in [1.29, 1.82) is 0 Å². The number of aromatic nitrogens is 10. The van der Waals surface area contributed by atoms with Crippen molar-refractivity contribution in [3.8, 4) is 34.3 Å². The summed E-state index contributed by atoms with van der Waals surface area (Å²) in [5.74, 6) is -0.341. The first-order valence-electron chi connectivity index (χ1n) is 30.8. The van der Waals surface area contributed by atoms with Crippen LogP contribution in [0.4, 0.5) is 0 Å². The molecule has 19 heteroatoms. The van der Waals surface area contributed by atoms with Gasteiger partial charge in [0.25, 0.3) is 0 Å². The lowest BCUT2D eigenvalue weighted by atomic mass is 9.76. The first kappa shape index (κ1) is 61.7. The maximum Gasteiger partial charge on any atom is 0.341 e. The number of nitro groups is 1. The van der Waals surface area contributed by atoms with Crippen LogP contribution in [0.3, 0.4) is 0 Å². The summed E-state index contributed by atoms with van der Waals surface area (Å²) >= 11 is 0. The quantitative estimate of drug-likeness (QED) is 0.0278. The molecule has 6 heterocycles. The van der Waals surface area contributed by atoms with E-state index in [1.54, 1.807) is 66.2 Å². The summed E-state index contributed by atoms with van der Waals surface area (Å²) in [6.45, 7) is 3.55. The van der Waals surface area contributed by atoms with Crippen LogP contribution < -0.4 is 4.74 Å². The first-order chi connectivity index (χ1) is 46.2. The molecule has 0 bridgehead atoms. The Hall–Kier alpha value is -12.1. The molecule has 8 aromatic carbocycles. The molecule has 0 amide bonds. The minimum absolute atomic E-state index is 0.121. The zero-order valence-electron chi connectivity index (χ0n) is 52.9. The summed E-state index contributed by atoms with van der Waals surface area (Å²) in [5, 5.41) is 32.5. The fourth-order valence-corrected chi connectivity index (χ4v) is 12.9. The Kier molecular flexibility index (Phi) is 16.6. The summed E-state index contributed by atoms with van der Waals surface area (Å²) in [6.07, 6.45) is 7.83. The lowest BCUT2D eigenvalue weighted by Gasteiger charge is -2.38. The number of ether oxygens (including phenoxy) is 3. The molecular formula is C76H65N11O8. The van der Waals surface area contributed by atoms with E-state index >= 15 is 0 Å². The molecule has 472 valence electrons. The van der Waals surface area contributed by atoms with E-state index in [-0.39, 0.29) is 21.8 Å². The minimum Gasteiger partial charge on any atom is -0.508 e. The number of esters is 2. The number of methoxy groups -OCH3 is 2. The van der Waals surface area contributed by atoms with Crippen LogP contribution in [0, 0.1) is 10.1 Å². The van der Waals surface area contributed by atoms with E-state index in [1.807, 2.05) is 151 Å². The Labute approximate surface area is 546 Å². The van der Waals surface area contributed by atoms with Gasteiger partial charge in [0.1, 0.15) is 67.5 Å². The number of phenols is 1. The summed E-state index contributed by atoms with van der Waals surface area (Å²) in [6, 6.07) is 71.7. The zero-order valence-corrected chi connectivity index (χ0v) is 52.9. The number of aromatic hydroxyl groups is 1. The molecular weight excluding hydrogens is 1190 g/mol. The molecule has 14 rings (SSSR count). The molecule has 0 radical (unpaired) electrons. The van der Waals surface area contributed by atoms with Gasteiger partial charge in [-0.15, -0.1) is 0 Å². The number of benzene rings is 8. The van der Waals surface area contributed by atoms with Crippen LogP contribution in [-0.2, 0) is 34.6 Å². The number of rotatable bonds is 18. The van der Waals surface area contributed by atoms with E-state index < -0.39 is 28.6 Å². The van der Waals surface area contributed by atoms with Gasteiger partial charge < -0.3 is 28.5 Å². The van der Waals surface area contributed by atoms with Crippen LogP contribution in [0.25, 0.3) is 66.9 Å². The summed E-state index contributed by atoms with van der Waals surface area (Å²) in [5.41, 5.74) is 9.01. The van der Waals surface area contributed by atoms with Crippen molar-refractivity contribution in [3.05, 3.63) is 298 Å². The predicted molar refractivity (Wildman–Crippen MR) is 364 cm³/mol. The van der Waals surface area contributed by atoms with Gasteiger partial charge in [-0.25, -0.2) is 29.5 Å². The largest absolute Gasteiger partial charge is 0.508 e.